The van der Waals surface area contributed by atoms with Crippen LogP contribution in [0.3, 0.4) is 0 Å². The number of piperidine rings is 1. The van der Waals surface area contributed by atoms with E-state index in [-0.39, 0.29) is 35.6 Å². The van der Waals surface area contributed by atoms with Crippen LogP contribution in [0.4, 0.5) is 11.4 Å². The Bertz CT molecular complexity index is 1490. The van der Waals surface area contributed by atoms with Crippen LogP contribution in [0.5, 0.6) is 5.75 Å². The second kappa shape index (κ2) is 12.4. The van der Waals surface area contributed by atoms with E-state index in [1.807, 2.05) is 6.92 Å². The number of ether oxygens (including phenoxy) is 1. The van der Waals surface area contributed by atoms with Crippen LogP contribution in [0, 0.1) is 5.92 Å². The van der Waals surface area contributed by atoms with Crippen LogP contribution in [-0.4, -0.2) is 46.7 Å². The van der Waals surface area contributed by atoms with E-state index >= 15 is 0 Å². The SMILES string of the molecule is CCOc1ccc(NS(=O)(=O)c2ccc(NC(=O)C3CCN(S(=O)(=O)Cc4ccc(Cl)cc4)CC3)cc2)cc1. The molecule has 0 saturated carbocycles. The molecule has 0 aromatic heterocycles. The molecule has 0 radical (unpaired) electrons. The molecule has 1 aliphatic heterocycles. The number of benzene rings is 3. The number of amides is 1. The minimum Gasteiger partial charge on any atom is -0.494 e. The summed E-state index contributed by atoms with van der Waals surface area (Å²) in [5.41, 5.74) is 1.51. The van der Waals surface area contributed by atoms with Gasteiger partial charge in [-0.05, 0) is 86.0 Å². The van der Waals surface area contributed by atoms with Crippen molar-refractivity contribution < 1.29 is 26.4 Å². The highest BCUT2D eigenvalue weighted by molar-refractivity contribution is 7.92. The highest BCUT2D eigenvalue weighted by Gasteiger charge is 2.31. The average Bonchev–Trinajstić information content (AvgIpc) is 2.91. The van der Waals surface area contributed by atoms with Crippen LogP contribution in [0.1, 0.15) is 25.3 Å². The number of anilines is 2. The molecule has 12 heteroatoms. The lowest BCUT2D eigenvalue weighted by atomic mass is 9.97. The largest absolute Gasteiger partial charge is 0.494 e. The molecule has 1 heterocycles. The van der Waals surface area contributed by atoms with Gasteiger partial charge in [0.25, 0.3) is 10.0 Å². The predicted molar refractivity (Wildman–Crippen MR) is 152 cm³/mol. The Labute approximate surface area is 234 Å². The number of carbonyl (C=O) groups excluding carboxylic acids is 1. The van der Waals surface area contributed by atoms with E-state index < -0.39 is 20.0 Å². The maximum Gasteiger partial charge on any atom is 0.261 e. The van der Waals surface area contributed by atoms with Gasteiger partial charge in [0.1, 0.15) is 5.75 Å². The molecule has 0 atom stereocenters. The van der Waals surface area contributed by atoms with Gasteiger partial charge in [0, 0.05) is 35.4 Å². The molecule has 3 aromatic rings. The van der Waals surface area contributed by atoms with Crippen molar-refractivity contribution in [2.45, 2.75) is 30.4 Å². The molecule has 4 rings (SSSR count). The van der Waals surface area contributed by atoms with Crippen LogP contribution < -0.4 is 14.8 Å². The molecule has 1 fully saturated rings. The molecule has 3 aromatic carbocycles. The summed E-state index contributed by atoms with van der Waals surface area (Å²) < 4.78 is 60.4. The van der Waals surface area contributed by atoms with Crippen molar-refractivity contribution in [3.05, 3.63) is 83.4 Å². The van der Waals surface area contributed by atoms with Gasteiger partial charge < -0.3 is 10.1 Å². The van der Waals surface area contributed by atoms with Crippen molar-refractivity contribution in [3.63, 3.8) is 0 Å². The number of carbonyl (C=O) groups is 1. The first kappa shape index (κ1) is 28.9. The number of nitrogens with zero attached hydrogens (tertiary/aromatic N) is 1. The summed E-state index contributed by atoms with van der Waals surface area (Å²) in [6.45, 7) is 2.88. The van der Waals surface area contributed by atoms with Gasteiger partial charge in [-0.15, -0.1) is 0 Å². The van der Waals surface area contributed by atoms with Gasteiger partial charge in [-0.25, -0.2) is 21.1 Å². The molecule has 0 bridgehead atoms. The minimum absolute atomic E-state index is 0.0496. The third kappa shape index (κ3) is 7.72. The van der Waals surface area contributed by atoms with Gasteiger partial charge in [0.05, 0.1) is 17.3 Å². The Morgan fingerprint density at radius 3 is 2.08 bits per heavy atom. The molecule has 39 heavy (non-hydrogen) atoms. The fourth-order valence-corrected chi connectivity index (χ4v) is 6.99. The van der Waals surface area contributed by atoms with E-state index in [2.05, 4.69) is 10.0 Å². The number of sulfonamides is 2. The lowest BCUT2D eigenvalue weighted by Crippen LogP contribution is -2.41. The number of hydrogen-bond donors (Lipinski definition) is 2. The summed E-state index contributed by atoms with van der Waals surface area (Å²) >= 11 is 5.87. The van der Waals surface area contributed by atoms with Gasteiger partial charge in [0.2, 0.25) is 15.9 Å². The normalized spacial score (nSPS) is 15.0. The second-order valence-corrected chi connectivity index (χ2v) is 13.2. The summed E-state index contributed by atoms with van der Waals surface area (Å²) in [6.07, 6.45) is 0.786. The van der Waals surface area contributed by atoms with Crippen LogP contribution in [0.2, 0.25) is 5.02 Å². The smallest absolute Gasteiger partial charge is 0.261 e. The van der Waals surface area contributed by atoms with Crippen molar-refractivity contribution in [2.75, 3.05) is 29.7 Å². The van der Waals surface area contributed by atoms with Crippen molar-refractivity contribution >= 4 is 48.9 Å². The van der Waals surface area contributed by atoms with Gasteiger partial charge >= 0.3 is 0 Å². The number of hydrogen-bond acceptors (Lipinski definition) is 6. The molecule has 0 unspecified atom stereocenters. The summed E-state index contributed by atoms with van der Waals surface area (Å²) in [5, 5.41) is 3.35. The maximum atomic E-state index is 12.8. The first-order valence-electron chi connectivity index (χ1n) is 12.4. The summed E-state index contributed by atoms with van der Waals surface area (Å²) in [4.78, 5) is 12.9. The Kier molecular flexibility index (Phi) is 9.16. The second-order valence-electron chi connectivity index (χ2n) is 9.13. The number of nitrogens with one attached hydrogen (secondary N) is 2. The van der Waals surface area contributed by atoms with Gasteiger partial charge in [0.15, 0.2) is 0 Å². The van der Waals surface area contributed by atoms with E-state index in [0.717, 1.165) is 0 Å². The van der Waals surface area contributed by atoms with E-state index in [0.29, 0.717) is 47.2 Å². The third-order valence-electron chi connectivity index (χ3n) is 6.33. The zero-order chi connectivity index (χ0) is 28.0. The number of rotatable bonds is 10. The molecule has 0 spiro atoms. The molecule has 0 aliphatic carbocycles. The Balaban J connectivity index is 1.29. The fraction of sp³-hybridized carbons (Fsp3) is 0.296. The molecular weight excluding hydrogens is 562 g/mol. The molecule has 2 N–H and O–H groups in total. The molecular formula is C27H30ClN3O6S2. The first-order valence-corrected chi connectivity index (χ1v) is 15.9. The van der Waals surface area contributed by atoms with Crippen molar-refractivity contribution in [3.8, 4) is 5.75 Å². The van der Waals surface area contributed by atoms with Crippen molar-refractivity contribution in [1.82, 2.24) is 4.31 Å². The minimum atomic E-state index is -3.82. The fourth-order valence-electron chi connectivity index (χ4n) is 4.24. The standard InChI is InChI=1S/C27H30ClN3O6S2/c1-2-37-25-11-7-24(8-12-25)30-39(35,36)26-13-9-23(10-14-26)29-27(32)21-15-17-31(18-16-21)38(33,34)19-20-3-5-22(28)6-4-20/h3-14,21,30H,2,15-19H2,1H3,(H,29,32). The van der Waals surface area contributed by atoms with Gasteiger partial charge in [-0.1, -0.05) is 23.7 Å². The van der Waals surface area contributed by atoms with E-state index in [9.17, 15) is 21.6 Å². The van der Waals surface area contributed by atoms with Gasteiger partial charge in [-0.2, -0.15) is 0 Å². The third-order valence-corrected chi connectivity index (χ3v) is 9.83. The summed E-state index contributed by atoms with van der Waals surface area (Å²) in [6, 6.07) is 19.2. The quantitative estimate of drug-likeness (QED) is 0.352. The topological polar surface area (TPSA) is 122 Å². The Hall–Kier alpha value is -3.12. The Morgan fingerprint density at radius 2 is 1.49 bits per heavy atom. The zero-order valence-electron chi connectivity index (χ0n) is 21.3. The van der Waals surface area contributed by atoms with E-state index in [1.165, 1.54) is 28.6 Å². The van der Waals surface area contributed by atoms with E-state index in [4.69, 9.17) is 16.3 Å². The number of halogens is 1. The van der Waals surface area contributed by atoms with Crippen LogP contribution in [0.15, 0.2) is 77.7 Å². The maximum absolute atomic E-state index is 12.8. The molecule has 208 valence electrons. The average molecular weight is 592 g/mol. The van der Waals surface area contributed by atoms with Crippen molar-refractivity contribution in [1.29, 1.82) is 0 Å². The highest BCUT2D eigenvalue weighted by atomic mass is 35.5. The first-order chi connectivity index (χ1) is 18.6. The molecule has 1 aliphatic rings. The summed E-state index contributed by atoms with van der Waals surface area (Å²) in [5.74, 6) is -0.0561. The lowest BCUT2D eigenvalue weighted by Gasteiger charge is -2.30. The van der Waals surface area contributed by atoms with E-state index in [1.54, 1.807) is 48.5 Å². The highest BCUT2D eigenvalue weighted by Crippen LogP contribution is 2.25. The molecule has 1 saturated heterocycles. The lowest BCUT2D eigenvalue weighted by molar-refractivity contribution is -0.120. The zero-order valence-corrected chi connectivity index (χ0v) is 23.7. The van der Waals surface area contributed by atoms with Crippen molar-refractivity contribution in [2.24, 2.45) is 5.92 Å². The van der Waals surface area contributed by atoms with Crippen LogP contribution in [0.25, 0.3) is 0 Å². The van der Waals surface area contributed by atoms with Gasteiger partial charge in [-0.3, -0.25) is 9.52 Å². The monoisotopic (exact) mass is 591 g/mol. The predicted octanol–water partition coefficient (Wildman–Crippen LogP) is 4.72. The Morgan fingerprint density at radius 1 is 0.897 bits per heavy atom. The van der Waals surface area contributed by atoms with Crippen LogP contribution in [-0.2, 0) is 30.6 Å². The molecule has 1 amide bonds. The summed E-state index contributed by atoms with van der Waals surface area (Å²) in [7, 11) is -7.34. The van der Waals surface area contributed by atoms with Crippen LogP contribution >= 0.6 is 11.6 Å². The molecule has 9 nitrogen and oxygen atoms in total.